The van der Waals surface area contributed by atoms with Crippen LogP contribution in [0.4, 0.5) is 0 Å². The topological polar surface area (TPSA) is 56.7 Å². The molecule has 0 saturated heterocycles. The van der Waals surface area contributed by atoms with E-state index in [-0.39, 0.29) is 0 Å². The third-order valence-corrected chi connectivity index (χ3v) is 3.24. The van der Waals surface area contributed by atoms with Crippen molar-refractivity contribution in [3.63, 3.8) is 0 Å². The minimum atomic E-state index is 0.338. The van der Waals surface area contributed by atoms with Crippen molar-refractivity contribution in [3.05, 3.63) is 23.3 Å². The average molecular weight is 246 g/mol. The number of fused-ring (bicyclic) bond motifs is 1. The van der Waals surface area contributed by atoms with E-state index < -0.39 is 0 Å². The Balaban J connectivity index is 2.80. The second kappa shape index (κ2) is 4.69. The van der Waals surface area contributed by atoms with Crippen LogP contribution in [0.3, 0.4) is 0 Å². The molecule has 0 fully saturated rings. The molecule has 4 heteroatoms. The summed E-state index contributed by atoms with van der Waals surface area (Å²) in [6, 6.07) is 0.377. The molecular formula is C14H22N4. The Kier molecular flexibility index (Phi) is 3.39. The van der Waals surface area contributed by atoms with Crippen molar-refractivity contribution < 1.29 is 0 Å². The van der Waals surface area contributed by atoms with Gasteiger partial charge in [0.25, 0.3) is 0 Å². The minimum Gasteiger partial charge on any atom is -0.330 e. The Labute approximate surface area is 108 Å². The first kappa shape index (κ1) is 13.0. The van der Waals surface area contributed by atoms with Gasteiger partial charge in [-0.2, -0.15) is 0 Å². The number of aryl methyl sites for hydroxylation is 1. The number of hydrogen-bond donors (Lipinski definition) is 1. The highest BCUT2D eigenvalue weighted by molar-refractivity contribution is 5.83. The molecule has 98 valence electrons. The number of nitrogens with two attached hydrogens (primary N) is 1. The van der Waals surface area contributed by atoms with Crippen LogP contribution in [0.2, 0.25) is 0 Å². The Morgan fingerprint density at radius 1 is 1.22 bits per heavy atom. The molecule has 2 rings (SSSR count). The molecule has 2 aromatic heterocycles. The summed E-state index contributed by atoms with van der Waals surface area (Å²) < 4.78 is 2.19. The summed E-state index contributed by atoms with van der Waals surface area (Å²) in [4.78, 5) is 9.32. The summed E-state index contributed by atoms with van der Waals surface area (Å²) in [6.45, 7) is 11.1. The maximum absolute atomic E-state index is 5.83. The van der Waals surface area contributed by atoms with Crippen LogP contribution in [0.15, 0.2) is 6.20 Å². The largest absolute Gasteiger partial charge is 0.330 e. The lowest BCUT2D eigenvalue weighted by Gasteiger charge is -2.11. The van der Waals surface area contributed by atoms with Gasteiger partial charge < -0.3 is 10.3 Å². The lowest BCUT2D eigenvalue weighted by Crippen LogP contribution is -2.05. The van der Waals surface area contributed by atoms with Crippen molar-refractivity contribution in [2.45, 2.75) is 53.1 Å². The van der Waals surface area contributed by atoms with Crippen LogP contribution in [-0.4, -0.2) is 14.5 Å². The van der Waals surface area contributed by atoms with E-state index in [1.54, 1.807) is 0 Å². The van der Waals surface area contributed by atoms with Crippen LogP contribution in [-0.2, 0) is 6.54 Å². The lowest BCUT2D eigenvalue weighted by molar-refractivity contribution is 0.613. The van der Waals surface area contributed by atoms with Gasteiger partial charge >= 0.3 is 0 Å². The molecule has 4 nitrogen and oxygen atoms in total. The zero-order valence-corrected chi connectivity index (χ0v) is 11.9. The fourth-order valence-corrected chi connectivity index (χ4v) is 2.24. The van der Waals surface area contributed by atoms with Gasteiger partial charge in [0.05, 0.1) is 5.69 Å². The van der Waals surface area contributed by atoms with E-state index in [9.17, 15) is 0 Å². The molecule has 0 aliphatic rings. The Morgan fingerprint density at radius 2 is 1.89 bits per heavy atom. The summed E-state index contributed by atoms with van der Waals surface area (Å²) >= 11 is 0. The Bertz CT molecular complexity index is 567. The average Bonchev–Trinajstić information content (AvgIpc) is 2.68. The first-order chi connectivity index (χ1) is 8.45. The summed E-state index contributed by atoms with van der Waals surface area (Å²) in [5.74, 6) is 1.24. The molecule has 0 unspecified atom stereocenters. The summed E-state index contributed by atoms with van der Waals surface area (Å²) in [6.07, 6.45) is 2.11. The molecule has 2 aromatic rings. The first-order valence-corrected chi connectivity index (χ1v) is 6.53. The molecule has 2 N–H and O–H groups in total. The fourth-order valence-electron chi connectivity index (χ4n) is 2.24. The smallest absolute Gasteiger partial charge is 0.144 e. The third kappa shape index (κ3) is 2.01. The second-order valence-electron chi connectivity index (χ2n) is 5.38. The van der Waals surface area contributed by atoms with E-state index in [1.165, 1.54) is 0 Å². The molecule has 0 aliphatic carbocycles. The van der Waals surface area contributed by atoms with E-state index in [2.05, 4.69) is 43.4 Å². The molecular weight excluding hydrogens is 224 g/mol. The maximum Gasteiger partial charge on any atom is 0.144 e. The van der Waals surface area contributed by atoms with Gasteiger partial charge in [0, 0.05) is 30.1 Å². The molecule has 0 radical (unpaired) electrons. The van der Waals surface area contributed by atoms with E-state index in [0.717, 1.165) is 28.1 Å². The standard InChI is InChI=1S/C14H22N4/c1-8(2)13-16-10(5)12-11(6-15)7-18(9(3)4)14(12)17-13/h7-9H,6,15H2,1-5H3. The zero-order valence-electron chi connectivity index (χ0n) is 11.9. The number of rotatable bonds is 3. The second-order valence-corrected chi connectivity index (χ2v) is 5.38. The van der Waals surface area contributed by atoms with Crippen molar-refractivity contribution in [3.8, 4) is 0 Å². The van der Waals surface area contributed by atoms with Crippen LogP contribution >= 0.6 is 0 Å². The molecule has 0 aliphatic heterocycles. The normalized spacial score (nSPS) is 12.0. The molecule has 0 amide bonds. The summed E-state index contributed by atoms with van der Waals surface area (Å²) in [5.41, 5.74) is 9.00. The first-order valence-electron chi connectivity index (χ1n) is 6.53. The van der Waals surface area contributed by atoms with Crippen molar-refractivity contribution in [1.82, 2.24) is 14.5 Å². The van der Waals surface area contributed by atoms with Crippen LogP contribution in [0, 0.1) is 6.92 Å². The minimum absolute atomic E-state index is 0.338. The molecule has 2 heterocycles. The molecule has 18 heavy (non-hydrogen) atoms. The van der Waals surface area contributed by atoms with Gasteiger partial charge in [0.2, 0.25) is 0 Å². The van der Waals surface area contributed by atoms with Crippen LogP contribution in [0.5, 0.6) is 0 Å². The monoisotopic (exact) mass is 246 g/mol. The quantitative estimate of drug-likeness (QED) is 0.906. The van der Waals surface area contributed by atoms with Gasteiger partial charge in [-0.05, 0) is 26.3 Å². The molecule has 0 atom stereocenters. The van der Waals surface area contributed by atoms with Crippen molar-refractivity contribution in [1.29, 1.82) is 0 Å². The maximum atomic E-state index is 5.83. The Hall–Kier alpha value is -1.42. The van der Waals surface area contributed by atoms with Gasteiger partial charge in [-0.3, -0.25) is 0 Å². The SMILES string of the molecule is Cc1nc(C(C)C)nc2c1c(CN)cn2C(C)C. The van der Waals surface area contributed by atoms with Gasteiger partial charge in [0.1, 0.15) is 11.5 Å². The molecule has 0 bridgehead atoms. The summed E-state index contributed by atoms with van der Waals surface area (Å²) in [7, 11) is 0. The van der Waals surface area contributed by atoms with Gasteiger partial charge in [-0.25, -0.2) is 9.97 Å². The molecule has 0 saturated carbocycles. The van der Waals surface area contributed by atoms with Crippen LogP contribution < -0.4 is 5.73 Å². The van der Waals surface area contributed by atoms with Crippen molar-refractivity contribution in [2.75, 3.05) is 0 Å². The fraction of sp³-hybridized carbons (Fsp3) is 0.571. The van der Waals surface area contributed by atoms with E-state index in [0.29, 0.717) is 18.5 Å². The highest BCUT2D eigenvalue weighted by Gasteiger charge is 2.16. The predicted octanol–water partition coefficient (Wildman–Crippen LogP) is 2.90. The van der Waals surface area contributed by atoms with Gasteiger partial charge in [-0.1, -0.05) is 13.8 Å². The molecule has 0 aromatic carbocycles. The summed E-state index contributed by atoms with van der Waals surface area (Å²) in [5, 5.41) is 1.12. The predicted molar refractivity (Wildman–Crippen MR) is 74.6 cm³/mol. The highest BCUT2D eigenvalue weighted by atomic mass is 15.1. The highest BCUT2D eigenvalue weighted by Crippen LogP contribution is 2.26. The van der Waals surface area contributed by atoms with Crippen LogP contribution in [0.1, 0.15) is 56.7 Å². The number of hydrogen-bond acceptors (Lipinski definition) is 3. The van der Waals surface area contributed by atoms with E-state index >= 15 is 0 Å². The van der Waals surface area contributed by atoms with Crippen molar-refractivity contribution >= 4 is 11.0 Å². The van der Waals surface area contributed by atoms with Crippen molar-refractivity contribution in [2.24, 2.45) is 5.73 Å². The van der Waals surface area contributed by atoms with Gasteiger partial charge in [-0.15, -0.1) is 0 Å². The number of nitrogens with zero attached hydrogens (tertiary/aromatic N) is 3. The van der Waals surface area contributed by atoms with E-state index in [4.69, 9.17) is 10.7 Å². The lowest BCUT2D eigenvalue weighted by atomic mass is 10.1. The Morgan fingerprint density at radius 3 is 2.39 bits per heavy atom. The van der Waals surface area contributed by atoms with Gasteiger partial charge in [0.15, 0.2) is 0 Å². The molecule has 0 spiro atoms. The number of aromatic nitrogens is 3. The zero-order chi connectivity index (χ0) is 13.4. The van der Waals surface area contributed by atoms with E-state index in [1.807, 2.05) is 6.92 Å². The third-order valence-electron chi connectivity index (χ3n) is 3.24. The van der Waals surface area contributed by atoms with Crippen LogP contribution in [0.25, 0.3) is 11.0 Å².